The molecule has 0 radical (unpaired) electrons. The summed E-state index contributed by atoms with van der Waals surface area (Å²) in [5.41, 5.74) is 0.342. The van der Waals surface area contributed by atoms with Gasteiger partial charge in [0.15, 0.2) is 0 Å². The van der Waals surface area contributed by atoms with Gasteiger partial charge in [-0.15, -0.1) is 0 Å². The molecule has 0 aromatic heterocycles. The molecule has 0 unspecified atom stereocenters. The van der Waals surface area contributed by atoms with E-state index in [0.717, 1.165) is 0 Å². The number of ether oxygens (including phenoxy) is 2. The average Bonchev–Trinajstić information content (AvgIpc) is 2.82. The maximum atomic E-state index is 14.5. The van der Waals surface area contributed by atoms with Crippen molar-refractivity contribution in [2.24, 2.45) is 5.92 Å². The minimum absolute atomic E-state index is 0.109. The number of carbonyl (C=O) groups excluding carboxylic acids is 3. The minimum Gasteiger partial charge on any atom is -0.490 e. The van der Waals surface area contributed by atoms with E-state index in [0.29, 0.717) is 48.6 Å². The monoisotopic (exact) mass is 490 g/mol. The standard InChI is InChI=1S/C25H28ClFN2O5/c1-2-33-25(32)17-5-9-19(10-6-17)34-20-11-12-21(22(27)15-20)24(31)29-14-13-28-23(30)16-3-7-18(26)8-4-16/h3-4,7-8,11-12,15,17,19H,2,5-6,9-10,13-14H2,1H3,(H,28,30)(H,29,31)/t17-,19+. The Morgan fingerprint density at radius 2 is 1.62 bits per heavy atom. The number of nitrogens with one attached hydrogen (secondary N) is 2. The summed E-state index contributed by atoms with van der Waals surface area (Å²) >= 11 is 5.80. The number of benzene rings is 2. The summed E-state index contributed by atoms with van der Waals surface area (Å²) in [6.07, 6.45) is 2.57. The van der Waals surface area contributed by atoms with Gasteiger partial charge in [0.25, 0.3) is 11.8 Å². The first-order valence-electron chi connectivity index (χ1n) is 11.3. The molecule has 0 bridgehead atoms. The van der Waals surface area contributed by atoms with Crippen LogP contribution >= 0.6 is 11.6 Å². The Morgan fingerprint density at radius 1 is 0.971 bits per heavy atom. The molecule has 0 spiro atoms. The molecule has 34 heavy (non-hydrogen) atoms. The molecule has 1 saturated carbocycles. The Balaban J connectivity index is 1.42. The zero-order valence-electron chi connectivity index (χ0n) is 18.9. The van der Waals surface area contributed by atoms with E-state index in [1.165, 1.54) is 12.1 Å². The molecule has 0 heterocycles. The van der Waals surface area contributed by atoms with Crippen molar-refractivity contribution >= 4 is 29.4 Å². The lowest BCUT2D eigenvalue weighted by molar-refractivity contribution is -0.149. The van der Waals surface area contributed by atoms with Crippen LogP contribution < -0.4 is 15.4 Å². The van der Waals surface area contributed by atoms with Crippen LogP contribution in [0.3, 0.4) is 0 Å². The molecule has 7 nitrogen and oxygen atoms in total. The summed E-state index contributed by atoms with van der Waals surface area (Å²) in [5.74, 6) is -1.52. The Bertz CT molecular complexity index is 1010. The molecule has 0 atom stereocenters. The van der Waals surface area contributed by atoms with Gasteiger partial charge < -0.3 is 20.1 Å². The van der Waals surface area contributed by atoms with E-state index in [1.54, 1.807) is 37.3 Å². The lowest BCUT2D eigenvalue weighted by atomic mass is 9.87. The summed E-state index contributed by atoms with van der Waals surface area (Å²) < 4.78 is 25.4. The first kappa shape index (κ1) is 25.5. The van der Waals surface area contributed by atoms with Crippen molar-refractivity contribution in [2.45, 2.75) is 38.7 Å². The molecule has 1 aliphatic carbocycles. The molecular formula is C25H28ClFN2O5. The average molecular weight is 491 g/mol. The highest BCUT2D eigenvalue weighted by Crippen LogP contribution is 2.29. The highest BCUT2D eigenvalue weighted by molar-refractivity contribution is 6.30. The molecule has 2 aromatic carbocycles. The van der Waals surface area contributed by atoms with E-state index in [2.05, 4.69) is 10.6 Å². The predicted molar refractivity (Wildman–Crippen MR) is 126 cm³/mol. The van der Waals surface area contributed by atoms with Crippen LogP contribution in [-0.2, 0) is 9.53 Å². The third-order valence-corrected chi connectivity index (χ3v) is 5.84. The van der Waals surface area contributed by atoms with Gasteiger partial charge in [0.1, 0.15) is 11.6 Å². The number of amides is 2. The summed E-state index contributed by atoms with van der Waals surface area (Å²) in [5, 5.41) is 5.79. The molecule has 1 aliphatic rings. The third-order valence-electron chi connectivity index (χ3n) is 5.58. The van der Waals surface area contributed by atoms with Gasteiger partial charge in [-0.2, -0.15) is 0 Å². The molecule has 1 fully saturated rings. The van der Waals surface area contributed by atoms with E-state index < -0.39 is 11.7 Å². The zero-order chi connectivity index (χ0) is 24.5. The first-order valence-corrected chi connectivity index (χ1v) is 11.7. The van der Waals surface area contributed by atoms with Gasteiger partial charge in [0.05, 0.1) is 24.2 Å². The lowest BCUT2D eigenvalue weighted by Crippen LogP contribution is -2.35. The minimum atomic E-state index is -0.694. The Labute approximate surface area is 203 Å². The van der Waals surface area contributed by atoms with Crippen molar-refractivity contribution in [3.8, 4) is 5.75 Å². The zero-order valence-corrected chi connectivity index (χ0v) is 19.7. The highest BCUT2D eigenvalue weighted by atomic mass is 35.5. The van der Waals surface area contributed by atoms with Gasteiger partial charge in [-0.05, 0) is 69.0 Å². The normalized spacial score (nSPS) is 17.5. The fourth-order valence-electron chi connectivity index (χ4n) is 3.77. The van der Waals surface area contributed by atoms with Crippen molar-refractivity contribution in [1.82, 2.24) is 10.6 Å². The smallest absolute Gasteiger partial charge is 0.308 e. The quantitative estimate of drug-likeness (QED) is 0.407. The number of esters is 1. The molecule has 2 N–H and O–H groups in total. The molecule has 2 amide bonds. The van der Waals surface area contributed by atoms with Gasteiger partial charge >= 0.3 is 5.97 Å². The molecule has 0 saturated heterocycles. The van der Waals surface area contributed by atoms with Gasteiger partial charge in [-0.3, -0.25) is 14.4 Å². The van der Waals surface area contributed by atoms with Crippen LogP contribution in [0.15, 0.2) is 42.5 Å². The van der Waals surface area contributed by atoms with Crippen LogP contribution in [0.25, 0.3) is 0 Å². The van der Waals surface area contributed by atoms with E-state index in [1.807, 2.05) is 0 Å². The van der Waals surface area contributed by atoms with Crippen molar-refractivity contribution in [3.05, 3.63) is 64.4 Å². The highest BCUT2D eigenvalue weighted by Gasteiger charge is 2.28. The largest absolute Gasteiger partial charge is 0.490 e. The second-order valence-corrected chi connectivity index (χ2v) is 8.44. The van der Waals surface area contributed by atoms with Crippen molar-refractivity contribution in [1.29, 1.82) is 0 Å². The molecule has 3 rings (SSSR count). The number of halogens is 2. The van der Waals surface area contributed by atoms with Gasteiger partial charge in [-0.25, -0.2) is 4.39 Å². The molecular weight excluding hydrogens is 463 g/mol. The lowest BCUT2D eigenvalue weighted by Gasteiger charge is -2.27. The van der Waals surface area contributed by atoms with Crippen molar-refractivity contribution in [3.63, 3.8) is 0 Å². The summed E-state index contributed by atoms with van der Waals surface area (Å²) in [4.78, 5) is 36.2. The number of hydrogen-bond acceptors (Lipinski definition) is 5. The summed E-state index contributed by atoms with van der Waals surface area (Å²) in [7, 11) is 0. The van der Waals surface area contributed by atoms with Crippen molar-refractivity contribution < 1.29 is 28.2 Å². The van der Waals surface area contributed by atoms with E-state index >= 15 is 0 Å². The fourth-order valence-corrected chi connectivity index (χ4v) is 3.90. The van der Waals surface area contributed by atoms with Gasteiger partial charge in [-0.1, -0.05) is 11.6 Å². The van der Waals surface area contributed by atoms with Crippen LogP contribution in [0.4, 0.5) is 4.39 Å². The van der Waals surface area contributed by atoms with Crippen LogP contribution in [0.2, 0.25) is 5.02 Å². The van der Waals surface area contributed by atoms with Crippen LogP contribution in [0, 0.1) is 11.7 Å². The fraction of sp³-hybridized carbons (Fsp3) is 0.400. The maximum Gasteiger partial charge on any atom is 0.308 e. The molecule has 9 heteroatoms. The molecule has 2 aromatic rings. The van der Waals surface area contributed by atoms with Crippen molar-refractivity contribution in [2.75, 3.05) is 19.7 Å². The number of hydrogen-bond donors (Lipinski definition) is 2. The maximum absolute atomic E-state index is 14.5. The predicted octanol–water partition coefficient (Wildman–Crippen LogP) is 4.14. The topological polar surface area (TPSA) is 93.7 Å². The number of carbonyl (C=O) groups is 3. The Kier molecular flexibility index (Phi) is 9.27. The van der Waals surface area contributed by atoms with E-state index in [-0.39, 0.29) is 42.6 Å². The second kappa shape index (κ2) is 12.4. The van der Waals surface area contributed by atoms with Crippen LogP contribution in [0.5, 0.6) is 5.75 Å². The SMILES string of the molecule is CCOC(=O)[C@H]1CC[C@@H](Oc2ccc(C(=O)NCCNC(=O)c3ccc(Cl)cc3)c(F)c2)CC1. The van der Waals surface area contributed by atoms with E-state index in [9.17, 15) is 18.8 Å². The second-order valence-electron chi connectivity index (χ2n) is 8.00. The molecule has 0 aliphatic heterocycles. The third kappa shape index (κ3) is 7.18. The van der Waals surface area contributed by atoms with Crippen LogP contribution in [-0.4, -0.2) is 43.6 Å². The summed E-state index contributed by atoms with van der Waals surface area (Å²) in [6.45, 7) is 2.47. The number of rotatable bonds is 9. The molecule has 182 valence electrons. The van der Waals surface area contributed by atoms with E-state index in [4.69, 9.17) is 21.1 Å². The Hall–Kier alpha value is -3.13. The van der Waals surface area contributed by atoms with Crippen LogP contribution in [0.1, 0.15) is 53.3 Å². The first-order chi connectivity index (χ1) is 16.4. The van der Waals surface area contributed by atoms with Gasteiger partial charge in [0, 0.05) is 29.7 Å². The Morgan fingerprint density at radius 3 is 2.24 bits per heavy atom. The summed E-state index contributed by atoms with van der Waals surface area (Å²) in [6, 6.07) is 10.5. The van der Waals surface area contributed by atoms with Gasteiger partial charge in [0.2, 0.25) is 0 Å².